The molecule has 0 unspecified atom stereocenters. The second-order valence-electron chi connectivity index (χ2n) is 9.29. The fourth-order valence-electron chi connectivity index (χ4n) is 5.21. The van der Waals surface area contributed by atoms with Crippen molar-refractivity contribution in [2.45, 2.75) is 81.7 Å². The van der Waals surface area contributed by atoms with E-state index in [4.69, 9.17) is 17.3 Å². The number of hydrogen-bond donors (Lipinski definition) is 2. The first-order valence-electron chi connectivity index (χ1n) is 12.0. The van der Waals surface area contributed by atoms with Crippen LogP contribution >= 0.6 is 22.9 Å². The van der Waals surface area contributed by atoms with E-state index in [0.29, 0.717) is 17.1 Å². The van der Waals surface area contributed by atoms with Crippen LogP contribution in [0.4, 0.5) is 5.13 Å². The van der Waals surface area contributed by atoms with Gasteiger partial charge in [0.25, 0.3) is 0 Å². The lowest BCUT2D eigenvalue weighted by Crippen LogP contribution is -2.41. The zero-order valence-corrected chi connectivity index (χ0v) is 21.6. The van der Waals surface area contributed by atoms with Crippen molar-refractivity contribution in [1.29, 1.82) is 0 Å². The Hall–Kier alpha value is -1.26. The number of nitrogens with two attached hydrogens (primary N) is 1. The van der Waals surface area contributed by atoms with Gasteiger partial charge in [0.2, 0.25) is 10.0 Å². The van der Waals surface area contributed by atoms with Crippen molar-refractivity contribution < 1.29 is 8.42 Å². The highest BCUT2D eigenvalue weighted by atomic mass is 35.5. The van der Waals surface area contributed by atoms with E-state index < -0.39 is 10.0 Å². The maximum atomic E-state index is 12.7. The summed E-state index contributed by atoms with van der Waals surface area (Å²) in [6, 6.07) is 2.04. The number of fused-ring (bicyclic) bond motifs is 1. The van der Waals surface area contributed by atoms with Crippen molar-refractivity contribution in [2.24, 2.45) is 5.92 Å². The van der Waals surface area contributed by atoms with E-state index in [0.717, 1.165) is 64.5 Å². The number of hydrogen-bond acceptors (Lipinski definition) is 7. The Kier molecular flexibility index (Phi) is 8.28. The van der Waals surface area contributed by atoms with Crippen molar-refractivity contribution in [1.82, 2.24) is 19.6 Å². The molecule has 4 rings (SSSR count). The van der Waals surface area contributed by atoms with Gasteiger partial charge in [-0.25, -0.2) is 18.1 Å². The Balaban J connectivity index is 1.26. The van der Waals surface area contributed by atoms with Gasteiger partial charge in [-0.05, 0) is 82.9 Å². The molecule has 33 heavy (non-hydrogen) atoms. The number of sulfonamides is 1. The average Bonchev–Trinajstić information content (AvgIpc) is 3.17. The van der Waals surface area contributed by atoms with Crippen molar-refractivity contribution in [3.63, 3.8) is 0 Å². The molecule has 3 N–H and O–H groups in total. The summed E-state index contributed by atoms with van der Waals surface area (Å²) in [6.45, 7) is 4.47. The van der Waals surface area contributed by atoms with Crippen LogP contribution in [-0.2, 0) is 22.9 Å². The summed E-state index contributed by atoms with van der Waals surface area (Å²) in [5, 5.41) is 0.902. The molecule has 1 fully saturated rings. The Morgan fingerprint density at radius 2 is 2.03 bits per heavy atom. The molecule has 0 amide bonds. The molecule has 182 valence electrons. The number of anilines is 1. The van der Waals surface area contributed by atoms with Crippen LogP contribution in [-0.4, -0.2) is 48.5 Å². The molecule has 0 aromatic carbocycles. The number of rotatable bonds is 9. The maximum Gasteiger partial charge on any atom is 0.243 e. The molecule has 2 aromatic heterocycles. The predicted octanol–water partition coefficient (Wildman–Crippen LogP) is 4.27. The van der Waals surface area contributed by atoms with Crippen LogP contribution in [0.25, 0.3) is 0 Å². The lowest BCUT2D eigenvalue weighted by Gasteiger charge is -2.36. The fraction of sp³-hybridized carbons (Fsp3) is 0.652. The van der Waals surface area contributed by atoms with Crippen LogP contribution in [0.2, 0.25) is 5.02 Å². The quantitative estimate of drug-likeness (QED) is 0.521. The highest BCUT2D eigenvalue weighted by Gasteiger charge is 2.29. The number of thiazole rings is 1. The van der Waals surface area contributed by atoms with Gasteiger partial charge in [0.05, 0.1) is 10.7 Å². The minimum Gasteiger partial charge on any atom is -0.375 e. The molecule has 2 aliphatic carbocycles. The Morgan fingerprint density at radius 1 is 1.24 bits per heavy atom. The summed E-state index contributed by atoms with van der Waals surface area (Å²) in [6.07, 6.45) is 12.2. The summed E-state index contributed by atoms with van der Waals surface area (Å²) in [4.78, 5) is 12.5. The number of nitrogen functional groups attached to an aromatic ring is 1. The van der Waals surface area contributed by atoms with Gasteiger partial charge in [-0.1, -0.05) is 18.5 Å². The minimum atomic E-state index is -3.64. The first-order chi connectivity index (χ1) is 15.9. The molecular formula is C23H34ClN5O2S2. The third-order valence-corrected chi connectivity index (χ3v) is 9.91. The number of halogens is 1. The Labute approximate surface area is 206 Å². The highest BCUT2D eigenvalue weighted by Crippen LogP contribution is 2.32. The van der Waals surface area contributed by atoms with Crippen molar-refractivity contribution >= 4 is 38.1 Å². The average molecular weight is 512 g/mol. The molecule has 7 nitrogen and oxygen atoms in total. The largest absolute Gasteiger partial charge is 0.375 e. The van der Waals surface area contributed by atoms with Crippen molar-refractivity contribution in [2.75, 3.05) is 18.8 Å². The van der Waals surface area contributed by atoms with Gasteiger partial charge in [-0.15, -0.1) is 11.3 Å². The maximum absolute atomic E-state index is 12.7. The van der Waals surface area contributed by atoms with E-state index in [-0.39, 0.29) is 16.0 Å². The highest BCUT2D eigenvalue weighted by molar-refractivity contribution is 7.89. The first-order valence-corrected chi connectivity index (χ1v) is 14.6. The molecule has 0 spiro atoms. The normalized spacial score (nSPS) is 23.5. The second kappa shape index (κ2) is 11.0. The standard InChI is InChI=1S/C23H34ClN5O2S2/c1-2-12-29(18-7-8-20-21(14-18)32-23(25)27-20)13-10-16-3-5-17(6-4-16)28-33(30,31)22-15-26-11-9-19(22)24/h9,11,15-18,28H,2-8,10,12-14H2,1H3,(H2,25,27)/t16?,17?,18-/m1/s1. The smallest absolute Gasteiger partial charge is 0.243 e. The van der Waals surface area contributed by atoms with E-state index in [9.17, 15) is 8.42 Å². The molecule has 0 saturated heterocycles. The van der Waals surface area contributed by atoms with Crippen LogP contribution in [0.3, 0.4) is 0 Å². The van der Waals surface area contributed by atoms with Crippen LogP contribution in [0.15, 0.2) is 23.4 Å². The first kappa shape index (κ1) is 24.9. The summed E-state index contributed by atoms with van der Waals surface area (Å²) in [5.41, 5.74) is 7.13. The number of pyridine rings is 1. The summed E-state index contributed by atoms with van der Waals surface area (Å²) in [7, 11) is -3.64. The molecule has 2 aromatic rings. The van der Waals surface area contributed by atoms with E-state index in [1.165, 1.54) is 35.5 Å². The van der Waals surface area contributed by atoms with E-state index in [1.54, 1.807) is 11.3 Å². The Morgan fingerprint density at radius 3 is 2.76 bits per heavy atom. The predicted molar refractivity (Wildman–Crippen MR) is 134 cm³/mol. The fourth-order valence-corrected chi connectivity index (χ4v) is 7.90. The molecule has 1 saturated carbocycles. The summed E-state index contributed by atoms with van der Waals surface area (Å²) < 4.78 is 28.2. The summed E-state index contributed by atoms with van der Waals surface area (Å²) in [5.74, 6) is 0.644. The monoisotopic (exact) mass is 511 g/mol. The SMILES string of the molecule is CCCN(CCC1CCC(NS(=O)(=O)c2cnccc2Cl)CC1)[C@@H]1CCc2nc(N)sc2C1. The van der Waals surface area contributed by atoms with Gasteiger partial charge < -0.3 is 10.6 Å². The number of aryl methyl sites for hydroxylation is 1. The van der Waals surface area contributed by atoms with Crippen LogP contribution in [0.1, 0.15) is 62.4 Å². The molecule has 0 radical (unpaired) electrons. The van der Waals surface area contributed by atoms with Crippen LogP contribution in [0.5, 0.6) is 0 Å². The molecule has 10 heteroatoms. The number of aromatic nitrogens is 2. The zero-order chi connectivity index (χ0) is 23.4. The Bertz CT molecular complexity index is 1040. The molecule has 0 aliphatic heterocycles. The topological polar surface area (TPSA) is 101 Å². The van der Waals surface area contributed by atoms with Gasteiger partial charge >= 0.3 is 0 Å². The lowest BCUT2D eigenvalue weighted by molar-refractivity contribution is 0.158. The molecular weight excluding hydrogens is 478 g/mol. The van der Waals surface area contributed by atoms with Gasteiger partial charge in [0, 0.05) is 29.4 Å². The van der Waals surface area contributed by atoms with E-state index >= 15 is 0 Å². The summed E-state index contributed by atoms with van der Waals surface area (Å²) >= 11 is 7.72. The van der Waals surface area contributed by atoms with Gasteiger partial charge in [0.15, 0.2) is 5.13 Å². The third kappa shape index (κ3) is 6.25. The number of nitrogens with zero attached hydrogens (tertiary/aromatic N) is 3. The van der Waals surface area contributed by atoms with Crippen molar-refractivity contribution in [3.8, 4) is 0 Å². The minimum absolute atomic E-state index is 0.0391. The molecule has 2 aliphatic rings. The zero-order valence-electron chi connectivity index (χ0n) is 19.2. The van der Waals surface area contributed by atoms with E-state index in [2.05, 4.69) is 26.5 Å². The molecule has 2 heterocycles. The third-order valence-electron chi connectivity index (χ3n) is 6.97. The second-order valence-corrected chi connectivity index (χ2v) is 12.5. The number of nitrogens with one attached hydrogen (secondary N) is 1. The van der Waals surface area contributed by atoms with Crippen molar-refractivity contribution in [3.05, 3.63) is 34.1 Å². The van der Waals surface area contributed by atoms with Gasteiger partial charge in [-0.3, -0.25) is 4.98 Å². The molecule has 0 bridgehead atoms. The van der Waals surface area contributed by atoms with Gasteiger partial charge in [-0.2, -0.15) is 0 Å². The lowest BCUT2D eigenvalue weighted by atomic mass is 9.84. The molecule has 1 atom stereocenters. The van der Waals surface area contributed by atoms with Crippen LogP contribution in [0, 0.1) is 5.92 Å². The van der Waals surface area contributed by atoms with Crippen LogP contribution < -0.4 is 10.5 Å². The van der Waals surface area contributed by atoms with E-state index in [1.807, 2.05) is 0 Å². The van der Waals surface area contributed by atoms with Gasteiger partial charge in [0.1, 0.15) is 4.90 Å².